The predicted molar refractivity (Wildman–Crippen MR) is 80.4 cm³/mol. The smallest absolute Gasteiger partial charge is 0.322 e. The quantitative estimate of drug-likeness (QED) is 0.942. The zero-order chi connectivity index (χ0) is 14.7. The predicted octanol–water partition coefficient (Wildman–Crippen LogP) is 2.69. The van der Waals surface area contributed by atoms with Crippen LogP contribution >= 0.6 is 0 Å². The number of anilines is 1. The van der Waals surface area contributed by atoms with E-state index < -0.39 is 0 Å². The molecule has 5 nitrogen and oxygen atoms in total. The van der Waals surface area contributed by atoms with Crippen LogP contribution in [-0.2, 0) is 0 Å². The summed E-state index contributed by atoms with van der Waals surface area (Å²) in [7, 11) is 0. The molecule has 0 bridgehead atoms. The van der Waals surface area contributed by atoms with Crippen molar-refractivity contribution in [1.29, 1.82) is 0 Å². The highest BCUT2D eigenvalue weighted by Crippen LogP contribution is 2.18. The van der Waals surface area contributed by atoms with Crippen LogP contribution < -0.4 is 10.1 Å². The van der Waals surface area contributed by atoms with Gasteiger partial charge in [-0.1, -0.05) is 12.1 Å². The van der Waals surface area contributed by atoms with Crippen molar-refractivity contribution in [2.24, 2.45) is 0 Å². The highest BCUT2D eigenvalue weighted by Gasteiger charge is 2.32. The van der Waals surface area contributed by atoms with Crippen LogP contribution in [0.4, 0.5) is 10.5 Å². The van der Waals surface area contributed by atoms with Gasteiger partial charge in [0.2, 0.25) is 0 Å². The van der Waals surface area contributed by atoms with Crippen LogP contribution in [0.15, 0.2) is 48.8 Å². The van der Waals surface area contributed by atoms with E-state index in [4.69, 9.17) is 4.74 Å². The molecule has 0 radical (unpaired) electrons. The summed E-state index contributed by atoms with van der Waals surface area (Å²) in [6.45, 7) is 3.18. The van der Waals surface area contributed by atoms with E-state index in [2.05, 4.69) is 10.3 Å². The van der Waals surface area contributed by atoms with Crippen LogP contribution in [0.25, 0.3) is 0 Å². The van der Waals surface area contributed by atoms with Gasteiger partial charge in [-0.2, -0.15) is 0 Å². The fourth-order valence-corrected chi connectivity index (χ4v) is 2.21. The van der Waals surface area contributed by atoms with Gasteiger partial charge in [-0.25, -0.2) is 4.79 Å². The van der Waals surface area contributed by atoms with Gasteiger partial charge >= 0.3 is 6.03 Å². The number of rotatable bonds is 3. The zero-order valence-corrected chi connectivity index (χ0v) is 11.8. The van der Waals surface area contributed by atoms with E-state index in [1.807, 2.05) is 43.3 Å². The second-order valence-corrected chi connectivity index (χ2v) is 5.13. The average molecular weight is 283 g/mol. The molecule has 1 N–H and O–H groups in total. The first-order valence-electron chi connectivity index (χ1n) is 6.90. The molecule has 3 rings (SSSR count). The summed E-state index contributed by atoms with van der Waals surface area (Å²) in [5.41, 5.74) is 1.94. The molecular formula is C16H17N3O2. The highest BCUT2D eigenvalue weighted by molar-refractivity contribution is 5.90. The van der Waals surface area contributed by atoms with Gasteiger partial charge in [0.05, 0.1) is 19.3 Å². The van der Waals surface area contributed by atoms with E-state index in [1.54, 1.807) is 17.3 Å². The lowest BCUT2D eigenvalue weighted by Crippen LogP contribution is -2.57. The Hall–Kier alpha value is -2.56. The second kappa shape index (κ2) is 5.83. The Morgan fingerprint density at radius 2 is 2.19 bits per heavy atom. The highest BCUT2D eigenvalue weighted by atomic mass is 16.5. The van der Waals surface area contributed by atoms with Crippen molar-refractivity contribution in [3.63, 3.8) is 0 Å². The number of carbonyl (C=O) groups excluding carboxylic acids is 1. The number of aromatic nitrogens is 1. The lowest BCUT2D eigenvalue weighted by Gasteiger charge is -2.38. The molecule has 0 saturated carbocycles. The normalized spacial score (nSPS) is 14.4. The molecule has 0 spiro atoms. The minimum absolute atomic E-state index is 0.0393. The third kappa shape index (κ3) is 3.31. The third-order valence-electron chi connectivity index (χ3n) is 3.34. The summed E-state index contributed by atoms with van der Waals surface area (Å²) in [6, 6.07) is 11.4. The molecule has 1 aliphatic rings. The van der Waals surface area contributed by atoms with Gasteiger partial charge in [0.15, 0.2) is 0 Å². The number of hydrogen-bond acceptors (Lipinski definition) is 3. The number of urea groups is 1. The van der Waals surface area contributed by atoms with Gasteiger partial charge in [0.1, 0.15) is 11.9 Å². The molecule has 0 aliphatic carbocycles. The van der Waals surface area contributed by atoms with E-state index in [1.165, 1.54) is 0 Å². The molecule has 2 aromatic rings. The maximum Gasteiger partial charge on any atom is 0.322 e. The maximum atomic E-state index is 12.1. The molecule has 0 atom stereocenters. The molecule has 5 heteroatoms. The maximum absolute atomic E-state index is 12.1. The molecule has 2 amide bonds. The van der Waals surface area contributed by atoms with Crippen molar-refractivity contribution in [1.82, 2.24) is 9.88 Å². The number of ether oxygens (including phenoxy) is 1. The van der Waals surface area contributed by atoms with E-state index in [0.29, 0.717) is 13.1 Å². The summed E-state index contributed by atoms with van der Waals surface area (Å²) >= 11 is 0. The first kappa shape index (κ1) is 13.4. The van der Waals surface area contributed by atoms with Crippen molar-refractivity contribution in [3.05, 3.63) is 54.4 Å². The Balaban J connectivity index is 1.48. The Kier molecular flexibility index (Phi) is 3.73. The SMILES string of the molecule is Cc1cccc(NC(=O)N2CC(Oc3cccnc3)C2)c1. The second-order valence-electron chi connectivity index (χ2n) is 5.13. The number of amides is 2. The van der Waals surface area contributed by atoms with Crippen molar-refractivity contribution in [3.8, 4) is 5.75 Å². The third-order valence-corrected chi connectivity index (χ3v) is 3.34. The Bertz CT molecular complexity index is 624. The van der Waals surface area contributed by atoms with Gasteiger partial charge in [-0.3, -0.25) is 4.98 Å². The molecule has 1 aromatic carbocycles. The zero-order valence-electron chi connectivity index (χ0n) is 11.8. The minimum Gasteiger partial charge on any atom is -0.485 e. The van der Waals surface area contributed by atoms with Crippen LogP contribution in [0, 0.1) is 6.92 Å². The van der Waals surface area contributed by atoms with Crippen molar-refractivity contribution in [2.45, 2.75) is 13.0 Å². The molecule has 1 aromatic heterocycles. The number of hydrogen-bond donors (Lipinski definition) is 1. The summed E-state index contributed by atoms with van der Waals surface area (Å²) in [4.78, 5) is 17.8. The Morgan fingerprint density at radius 3 is 2.90 bits per heavy atom. The van der Waals surface area contributed by atoms with E-state index in [9.17, 15) is 4.79 Å². The minimum atomic E-state index is -0.0911. The summed E-state index contributed by atoms with van der Waals surface area (Å²) in [5, 5.41) is 2.89. The summed E-state index contributed by atoms with van der Waals surface area (Å²) in [6.07, 6.45) is 3.42. The molecule has 0 unspecified atom stereocenters. The van der Waals surface area contributed by atoms with E-state index in [-0.39, 0.29) is 12.1 Å². The number of pyridine rings is 1. The van der Waals surface area contributed by atoms with Crippen LogP contribution in [0.3, 0.4) is 0 Å². The van der Waals surface area contributed by atoms with E-state index >= 15 is 0 Å². The lowest BCUT2D eigenvalue weighted by molar-refractivity contribution is 0.0490. The first-order chi connectivity index (χ1) is 10.2. The van der Waals surface area contributed by atoms with Crippen molar-refractivity contribution < 1.29 is 9.53 Å². The van der Waals surface area contributed by atoms with Crippen LogP contribution in [0.5, 0.6) is 5.75 Å². The number of aryl methyl sites for hydroxylation is 1. The molecule has 21 heavy (non-hydrogen) atoms. The molecule has 1 saturated heterocycles. The summed E-state index contributed by atoms with van der Waals surface area (Å²) in [5.74, 6) is 0.737. The van der Waals surface area contributed by atoms with E-state index in [0.717, 1.165) is 17.0 Å². The number of benzene rings is 1. The fraction of sp³-hybridized carbons (Fsp3) is 0.250. The van der Waals surface area contributed by atoms with Crippen molar-refractivity contribution in [2.75, 3.05) is 18.4 Å². The topological polar surface area (TPSA) is 54.5 Å². The first-order valence-corrected chi connectivity index (χ1v) is 6.90. The van der Waals surface area contributed by atoms with Gasteiger partial charge < -0.3 is 15.0 Å². The molecule has 108 valence electrons. The summed E-state index contributed by atoms with van der Waals surface area (Å²) < 4.78 is 5.72. The van der Waals surface area contributed by atoms with Gasteiger partial charge in [0.25, 0.3) is 0 Å². The fourth-order valence-electron chi connectivity index (χ4n) is 2.21. The van der Waals surface area contributed by atoms with Gasteiger partial charge in [0, 0.05) is 11.9 Å². The monoisotopic (exact) mass is 283 g/mol. The van der Waals surface area contributed by atoms with Crippen LogP contribution in [0.1, 0.15) is 5.56 Å². The standard InChI is InChI=1S/C16H17N3O2/c1-12-4-2-5-13(8-12)18-16(20)19-10-15(11-19)21-14-6-3-7-17-9-14/h2-9,15H,10-11H2,1H3,(H,18,20). The number of carbonyl (C=O) groups is 1. The van der Waals surface area contributed by atoms with Crippen LogP contribution in [-0.4, -0.2) is 35.1 Å². The Labute approximate surface area is 123 Å². The molecule has 1 fully saturated rings. The lowest BCUT2D eigenvalue weighted by atomic mass is 10.2. The largest absolute Gasteiger partial charge is 0.485 e. The molecule has 2 heterocycles. The van der Waals surface area contributed by atoms with Gasteiger partial charge in [-0.15, -0.1) is 0 Å². The number of nitrogens with zero attached hydrogens (tertiary/aromatic N) is 2. The van der Waals surface area contributed by atoms with Gasteiger partial charge in [-0.05, 0) is 36.8 Å². The number of nitrogens with one attached hydrogen (secondary N) is 1. The van der Waals surface area contributed by atoms with Crippen LogP contribution in [0.2, 0.25) is 0 Å². The molecular weight excluding hydrogens is 266 g/mol. The number of likely N-dealkylation sites (tertiary alicyclic amines) is 1. The van der Waals surface area contributed by atoms with Crippen molar-refractivity contribution >= 4 is 11.7 Å². The average Bonchev–Trinajstić information content (AvgIpc) is 2.43. The Morgan fingerprint density at radius 1 is 1.33 bits per heavy atom. The molecule has 1 aliphatic heterocycles.